The third-order valence-electron chi connectivity index (χ3n) is 5.10. The molecule has 2 aromatic carbocycles. The first-order chi connectivity index (χ1) is 14.2. The van der Waals surface area contributed by atoms with Crippen molar-refractivity contribution in [3.63, 3.8) is 0 Å². The molecule has 0 aliphatic carbocycles. The zero-order valence-corrected chi connectivity index (χ0v) is 19.4. The zero-order chi connectivity index (χ0) is 21.5. The molecule has 0 bridgehead atoms. The summed E-state index contributed by atoms with van der Waals surface area (Å²) in [6.45, 7) is 9.85. The number of amides is 1. The molecule has 1 aliphatic rings. The van der Waals surface area contributed by atoms with Crippen LogP contribution in [-0.4, -0.2) is 12.5 Å². The van der Waals surface area contributed by atoms with Gasteiger partial charge in [-0.1, -0.05) is 51.4 Å². The summed E-state index contributed by atoms with van der Waals surface area (Å²) >= 11 is 7.55. The minimum Gasteiger partial charge on any atom is -0.493 e. The van der Waals surface area contributed by atoms with E-state index in [4.69, 9.17) is 16.3 Å². The minimum atomic E-state index is 0.0700. The van der Waals surface area contributed by atoms with Crippen molar-refractivity contribution in [3.05, 3.63) is 69.6 Å². The topological polar surface area (TPSA) is 29.5 Å². The van der Waals surface area contributed by atoms with E-state index in [0.717, 1.165) is 44.3 Å². The summed E-state index contributed by atoms with van der Waals surface area (Å²) in [5, 5.41) is 0.715. The maximum absolute atomic E-state index is 13.1. The molecule has 0 saturated carbocycles. The molecule has 0 fully saturated rings. The third-order valence-corrected chi connectivity index (χ3v) is 6.57. The van der Waals surface area contributed by atoms with E-state index in [-0.39, 0.29) is 11.3 Å². The molecule has 1 aliphatic heterocycles. The Morgan fingerprint density at radius 2 is 1.83 bits per heavy atom. The summed E-state index contributed by atoms with van der Waals surface area (Å²) in [6, 6.07) is 16.0. The number of benzene rings is 2. The van der Waals surface area contributed by atoms with Crippen LogP contribution in [0.1, 0.15) is 48.5 Å². The Morgan fingerprint density at radius 1 is 1.10 bits per heavy atom. The fraction of sp³-hybridized carbons (Fsp3) is 0.320. The van der Waals surface area contributed by atoms with E-state index < -0.39 is 0 Å². The normalized spacial score (nSPS) is 13.6. The van der Waals surface area contributed by atoms with Crippen LogP contribution in [0.3, 0.4) is 0 Å². The van der Waals surface area contributed by atoms with E-state index in [9.17, 15) is 4.79 Å². The van der Waals surface area contributed by atoms with E-state index in [1.165, 1.54) is 0 Å². The lowest BCUT2D eigenvalue weighted by molar-refractivity contribution is 0.1000. The molecule has 0 unspecified atom stereocenters. The Bertz CT molecular complexity index is 1080. The number of halogens is 1. The lowest BCUT2D eigenvalue weighted by Gasteiger charge is -2.22. The van der Waals surface area contributed by atoms with Crippen LogP contribution >= 0.6 is 22.9 Å². The average Bonchev–Trinajstić information content (AvgIpc) is 3.26. The minimum absolute atomic E-state index is 0.0700. The zero-order valence-electron chi connectivity index (χ0n) is 17.8. The van der Waals surface area contributed by atoms with E-state index in [1.54, 1.807) is 11.3 Å². The number of carbonyl (C=O) groups excluding carboxylic acids is 1. The second-order valence-corrected chi connectivity index (χ2v) is 10.3. The van der Waals surface area contributed by atoms with Crippen molar-refractivity contribution in [2.75, 3.05) is 11.5 Å². The predicted molar refractivity (Wildman–Crippen MR) is 126 cm³/mol. The molecule has 30 heavy (non-hydrogen) atoms. The third kappa shape index (κ3) is 4.26. The molecule has 156 valence electrons. The summed E-state index contributed by atoms with van der Waals surface area (Å²) in [6.07, 6.45) is 0.859. The monoisotopic (exact) mass is 439 g/mol. The Balaban J connectivity index is 1.55. The van der Waals surface area contributed by atoms with Crippen LogP contribution in [0.25, 0.3) is 10.4 Å². The van der Waals surface area contributed by atoms with E-state index in [2.05, 4.69) is 39.8 Å². The predicted octanol–water partition coefficient (Wildman–Crippen LogP) is 7.22. The van der Waals surface area contributed by atoms with Crippen molar-refractivity contribution in [3.8, 4) is 16.2 Å². The quantitative estimate of drug-likeness (QED) is 0.420. The van der Waals surface area contributed by atoms with Gasteiger partial charge in [0.05, 0.1) is 18.0 Å². The van der Waals surface area contributed by atoms with Gasteiger partial charge >= 0.3 is 0 Å². The summed E-state index contributed by atoms with van der Waals surface area (Å²) in [5.74, 6) is 0.975. The van der Waals surface area contributed by atoms with Crippen LogP contribution in [0.4, 0.5) is 5.69 Å². The van der Waals surface area contributed by atoms with Crippen LogP contribution in [0, 0.1) is 5.41 Å². The summed E-state index contributed by atoms with van der Waals surface area (Å²) < 4.78 is 6.05. The standard InChI is InChI=1S/C25H26ClNO2S/c1-5-16-12-20(10-11-21(16)29-15-25(2,3)4)27-14-18-13-22(30-23(18)24(27)28)17-6-8-19(26)9-7-17/h6-13H,5,14-15H2,1-4H3. The van der Waals surface area contributed by atoms with E-state index in [1.807, 2.05) is 41.3 Å². The first-order valence-corrected chi connectivity index (χ1v) is 11.4. The summed E-state index contributed by atoms with van der Waals surface area (Å²) in [7, 11) is 0. The first-order valence-electron chi connectivity index (χ1n) is 10.2. The summed E-state index contributed by atoms with van der Waals surface area (Å²) in [5.41, 5.74) is 4.33. The molecular weight excluding hydrogens is 414 g/mol. The van der Waals surface area contributed by atoms with Crippen LogP contribution in [0.2, 0.25) is 5.02 Å². The van der Waals surface area contributed by atoms with E-state index in [0.29, 0.717) is 18.2 Å². The summed E-state index contributed by atoms with van der Waals surface area (Å²) in [4.78, 5) is 16.9. The molecule has 3 nitrogen and oxygen atoms in total. The fourth-order valence-corrected chi connectivity index (χ4v) is 4.76. The Hall–Kier alpha value is -2.30. The number of fused-ring (bicyclic) bond motifs is 1. The number of anilines is 1. The molecule has 0 N–H and O–H groups in total. The maximum atomic E-state index is 13.1. The number of nitrogens with zero attached hydrogens (tertiary/aromatic N) is 1. The highest BCUT2D eigenvalue weighted by Gasteiger charge is 2.31. The number of hydrogen-bond donors (Lipinski definition) is 0. The second-order valence-electron chi connectivity index (χ2n) is 8.86. The van der Waals surface area contributed by atoms with Gasteiger partial charge in [-0.2, -0.15) is 0 Å². The highest BCUT2D eigenvalue weighted by Crippen LogP contribution is 2.39. The van der Waals surface area contributed by atoms with Crippen molar-refractivity contribution in [1.82, 2.24) is 0 Å². The van der Waals surface area contributed by atoms with Crippen molar-refractivity contribution in [2.45, 2.75) is 40.7 Å². The molecular formula is C25H26ClNO2S. The van der Waals surface area contributed by atoms with Crippen molar-refractivity contribution >= 4 is 34.5 Å². The Labute approximate surface area is 187 Å². The van der Waals surface area contributed by atoms with Gasteiger partial charge in [-0.3, -0.25) is 4.79 Å². The number of aryl methyl sites for hydroxylation is 1. The lowest BCUT2D eigenvalue weighted by Crippen LogP contribution is -2.23. The largest absolute Gasteiger partial charge is 0.493 e. The average molecular weight is 440 g/mol. The van der Waals surface area contributed by atoms with Gasteiger partial charge in [0, 0.05) is 15.6 Å². The van der Waals surface area contributed by atoms with Gasteiger partial charge in [0.2, 0.25) is 0 Å². The molecule has 5 heteroatoms. The molecule has 0 atom stereocenters. The molecule has 2 heterocycles. The molecule has 1 amide bonds. The molecule has 4 rings (SSSR count). The maximum Gasteiger partial charge on any atom is 0.269 e. The van der Waals surface area contributed by atoms with Crippen molar-refractivity contribution in [2.24, 2.45) is 5.41 Å². The number of ether oxygens (including phenoxy) is 1. The Morgan fingerprint density at radius 3 is 2.47 bits per heavy atom. The highest BCUT2D eigenvalue weighted by atomic mass is 35.5. The van der Waals surface area contributed by atoms with Crippen LogP contribution in [0.15, 0.2) is 48.5 Å². The van der Waals surface area contributed by atoms with Gasteiger partial charge in [-0.05, 0) is 64.9 Å². The molecule has 0 radical (unpaired) electrons. The highest BCUT2D eigenvalue weighted by molar-refractivity contribution is 7.17. The van der Waals surface area contributed by atoms with Crippen molar-refractivity contribution in [1.29, 1.82) is 0 Å². The van der Waals surface area contributed by atoms with Gasteiger partial charge in [-0.25, -0.2) is 0 Å². The first kappa shape index (κ1) is 21.0. The molecule has 0 saturated heterocycles. The van der Waals surface area contributed by atoms with Gasteiger partial charge in [0.15, 0.2) is 0 Å². The van der Waals surface area contributed by atoms with Gasteiger partial charge in [-0.15, -0.1) is 11.3 Å². The lowest BCUT2D eigenvalue weighted by atomic mass is 9.98. The van der Waals surface area contributed by atoms with Gasteiger partial charge < -0.3 is 9.64 Å². The van der Waals surface area contributed by atoms with Crippen molar-refractivity contribution < 1.29 is 9.53 Å². The molecule has 1 aromatic heterocycles. The molecule has 3 aromatic rings. The SMILES string of the molecule is CCc1cc(N2Cc3cc(-c4ccc(Cl)cc4)sc3C2=O)ccc1OCC(C)(C)C. The smallest absolute Gasteiger partial charge is 0.269 e. The molecule has 0 spiro atoms. The fourth-order valence-electron chi connectivity index (χ4n) is 3.50. The number of carbonyl (C=O) groups is 1. The van der Waals surface area contributed by atoms with Gasteiger partial charge in [0.1, 0.15) is 5.75 Å². The van der Waals surface area contributed by atoms with Crippen LogP contribution in [-0.2, 0) is 13.0 Å². The van der Waals surface area contributed by atoms with Crippen LogP contribution in [0.5, 0.6) is 5.75 Å². The van der Waals surface area contributed by atoms with E-state index >= 15 is 0 Å². The van der Waals surface area contributed by atoms with Gasteiger partial charge in [0.25, 0.3) is 5.91 Å². The number of hydrogen-bond acceptors (Lipinski definition) is 3. The Kier molecular flexibility index (Phi) is 5.65. The van der Waals surface area contributed by atoms with Crippen LogP contribution < -0.4 is 9.64 Å². The number of thiophene rings is 1. The second kappa shape index (κ2) is 8.09. The number of rotatable bonds is 5.